The van der Waals surface area contributed by atoms with Crippen LogP contribution < -0.4 is 0 Å². The standard InChI is InChI=1S/C27H26FNO4/c1-3-20(30)14-24(31)26(27(32)33-4-2)22-15-29-23-13-18(16-5-6-16)9-12-21(23)25(22)17-7-10-19(28)11-8-17/h3,7-13,15-16,20,26,30H,1,4-6,14H2,2H3. The molecule has 1 aromatic heterocycles. The van der Waals surface area contributed by atoms with Crippen LogP contribution >= 0.6 is 0 Å². The summed E-state index contributed by atoms with van der Waals surface area (Å²) in [6, 6.07) is 11.9. The second-order valence-corrected chi connectivity index (χ2v) is 8.30. The van der Waals surface area contributed by atoms with Crippen LogP contribution in [-0.2, 0) is 14.3 Å². The monoisotopic (exact) mass is 447 g/mol. The maximum atomic E-state index is 13.7. The first kappa shape index (κ1) is 22.8. The van der Waals surface area contributed by atoms with Crippen LogP contribution in [0.1, 0.15) is 49.1 Å². The number of carbonyl (C=O) groups excluding carboxylic acids is 2. The van der Waals surface area contributed by atoms with Gasteiger partial charge in [-0.05, 0) is 60.6 Å². The lowest BCUT2D eigenvalue weighted by molar-refractivity contribution is -0.148. The summed E-state index contributed by atoms with van der Waals surface area (Å²) < 4.78 is 18.9. The van der Waals surface area contributed by atoms with Crippen molar-refractivity contribution >= 4 is 22.7 Å². The van der Waals surface area contributed by atoms with Gasteiger partial charge < -0.3 is 9.84 Å². The molecule has 1 saturated carbocycles. The Morgan fingerprint density at radius 2 is 1.97 bits per heavy atom. The smallest absolute Gasteiger partial charge is 0.321 e. The summed E-state index contributed by atoms with van der Waals surface area (Å²) in [6.45, 7) is 5.27. The Bertz CT molecular complexity index is 1200. The number of rotatable bonds is 9. The third-order valence-corrected chi connectivity index (χ3v) is 5.94. The van der Waals surface area contributed by atoms with Gasteiger partial charge in [0.1, 0.15) is 11.7 Å². The average Bonchev–Trinajstić information content (AvgIpc) is 3.65. The van der Waals surface area contributed by atoms with Crippen molar-refractivity contribution in [1.82, 2.24) is 4.98 Å². The van der Waals surface area contributed by atoms with E-state index in [0.29, 0.717) is 22.6 Å². The van der Waals surface area contributed by atoms with Crippen LogP contribution in [0, 0.1) is 5.82 Å². The molecule has 1 N–H and O–H groups in total. The minimum atomic E-state index is -1.28. The highest BCUT2D eigenvalue weighted by molar-refractivity contribution is 6.08. The molecule has 170 valence electrons. The SMILES string of the molecule is C=CC(O)CC(=O)C(C(=O)OCC)c1cnc2cc(C3CC3)ccc2c1-c1ccc(F)cc1. The molecular weight excluding hydrogens is 421 g/mol. The normalized spacial score (nSPS) is 15.1. The van der Waals surface area contributed by atoms with Crippen LogP contribution in [0.2, 0.25) is 0 Å². The van der Waals surface area contributed by atoms with Gasteiger partial charge in [-0.25, -0.2) is 4.39 Å². The molecule has 4 rings (SSSR count). The lowest BCUT2D eigenvalue weighted by atomic mass is 9.85. The van der Waals surface area contributed by atoms with E-state index in [0.717, 1.165) is 23.7 Å². The fraction of sp³-hybridized carbons (Fsp3) is 0.296. The maximum Gasteiger partial charge on any atom is 0.321 e. The Morgan fingerprint density at radius 3 is 2.61 bits per heavy atom. The van der Waals surface area contributed by atoms with Gasteiger partial charge in [0.05, 0.1) is 18.2 Å². The molecule has 0 radical (unpaired) electrons. The molecule has 2 atom stereocenters. The summed E-state index contributed by atoms with van der Waals surface area (Å²) in [7, 11) is 0. The van der Waals surface area contributed by atoms with E-state index >= 15 is 0 Å². The molecule has 1 heterocycles. The van der Waals surface area contributed by atoms with Crippen LogP contribution in [0.5, 0.6) is 0 Å². The van der Waals surface area contributed by atoms with E-state index in [2.05, 4.69) is 11.6 Å². The minimum absolute atomic E-state index is 0.101. The number of fused-ring (bicyclic) bond motifs is 1. The van der Waals surface area contributed by atoms with Crippen molar-refractivity contribution in [1.29, 1.82) is 0 Å². The molecule has 0 saturated heterocycles. The number of hydrogen-bond acceptors (Lipinski definition) is 5. The van der Waals surface area contributed by atoms with Crippen molar-refractivity contribution in [3.8, 4) is 11.1 Å². The first-order chi connectivity index (χ1) is 15.9. The van der Waals surface area contributed by atoms with Crippen molar-refractivity contribution < 1.29 is 23.8 Å². The number of aliphatic hydroxyl groups is 1. The number of hydrogen-bond donors (Lipinski definition) is 1. The van der Waals surface area contributed by atoms with Gasteiger partial charge in [0.15, 0.2) is 5.78 Å². The fourth-order valence-corrected chi connectivity index (χ4v) is 4.12. The third kappa shape index (κ3) is 4.86. The second-order valence-electron chi connectivity index (χ2n) is 8.30. The predicted octanol–water partition coefficient (Wildman–Crippen LogP) is 5.07. The van der Waals surface area contributed by atoms with E-state index in [1.54, 1.807) is 19.1 Å². The molecule has 2 unspecified atom stereocenters. The van der Waals surface area contributed by atoms with Gasteiger partial charge in [-0.1, -0.05) is 30.3 Å². The number of benzene rings is 2. The van der Waals surface area contributed by atoms with E-state index in [-0.39, 0.29) is 18.8 Å². The molecule has 6 heteroatoms. The van der Waals surface area contributed by atoms with E-state index in [4.69, 9.17) is 4.74 Å². The first-order valence-electron chi connectivity index (χ1n) is 11.1. The third-order valence-electron chi connectivity index (χ3n) is 5.94. The highest BCUT2D eigenvalue weighted by atomic mass is 19.1. The van der Waals surface area contributed by atoms with Gasteiger partial charge in [-0.3, -0.25) is 14.6 Å². The summed E-state index contributed by atoms with van der Waals surface area (Å²) in [4.78, 5) is 30.7. The van der Waals surface area contributed by atoms with E-state index in [1.165, 1.54) is 30.0 Å². The van der Waals surface area contributed by atoms with Crippen LogP contribution in [0.4, 0.5) is 4.39 Å². The van der Waals surface area contributed by atoms with Crippen molar-refractivity contribution in [2.75, 3.05) is 6.61 Å². The minimum Gasteiger partial charge on any atom is -0.465 e. The Kier molecular flexibility index (Phi) is 6.65. The van der Waals surface area contributed by atoms with E-state index in [9.17, 15) is 19.1 Å². The number of aliphatic hydroxyl groups excluding tert-OH is 1. The molecule has 1 aliphatic rings. The Labute approximate surface area is 191 Å². The van der Waals surface area contributed by atoms with Crippen LogP contribution in [-0.4, -0.2) is 34.6 Å². The number of nitrogens with zero attached hydrogens (tertiary/aromatic N) is 1. The highest BCUT2D eigenvalue weighted by Gasteiger charge is 2.34. The lowest BCUT2D eigenvalue weighted by Gasteiger charge is -2.21. The molecule has 0 aliphatic heterocycles. The van der Waals surface area contributed by atoms with E-state index < -0.39 is 23.8 Å². The number of pyridine rings is 1. The second kappa shape index (κ2) is 9.63. The van der Waals surface area contributed by atoms with Crippen molar-refractivity contribution in [2.24, 2.45) is 0 Å². The zero-order chi connectivity index (χ0) is 23.5. The zero-order valence-electron chi connectivity index (χ0n) is 18.5. The number of ketones is 1. The van der Waals surface area contributed by atoms with Gasteiger partial charge in [-0.2, -0.15) is 0 Å². The molecule has 33 heavy (non-hydrogen) atoms. The number of Topliss-reactive ketones (excluding diaryl/α,β-unsaturated/α-hetero) is 1. The van der Waals surface area contributed by atoms with Crippen molar-refractivity contribution in [3.05, 3.63) is 78.3 Å². The van der Waals surface area contributed by atoms with Crippen LogP contribution in [0.3, 0.4) is 0 Å². The fourth-order valence-electron chi connectivity index (χ4n) is 4.12. The quantitative estimate of drug-likeness (QED) is 0.282. The summed E-state index contributed by atoms with van der Waals surface area (Å²) in [5, 5.41) is 10.7. The Hall–Kier alpha value is -3.38. The molecular formula is C27H26FNO4. The van der Waals surface area contributed by atoms with E-state index in [1.807, 2.05) is 18.2 Å². The first-order valence-corrected chi connectivity index (χ1v) is 11.1. The van der Waals surface area contributed by atoms with Gasteiger partial charge in [0.2, 0.25) is 0 Å². The largest absolute Gasteiger partial charge is 0.465 e. The molecule has 0 spiro atoms. The summed E-state index contributed by atoms with van der Waals surface area (Å²) in [6.07, 6.45) is 3.71. The molecule has 1 aliphatic carbocycles. The number of carbonyl (C=O) groups is 2. The molecule has 0 bridgehead atoms. The Balaban J connectivity index is 1.92. The van der Waals surface area contributed by atoms with Crippen LogP contribution in [0.15, 0.2) is 61.3 Å². The predicted molar refractivity (Wildman–Crippen MR) is 124 cm³/mol. The number of ether oxygens (including phenoxy) is 1. The Morgan fingerprint density at radius 1 is 1.24 bits per heavy atom. The molecule has 2 aromatic carbocycles. The molecule has 0 amide bonds. The van der Waals surface area contributed by atoms with Crippen molar-refractivity contribution in [2.45, 2.75) is 44.1 Å². The number of esters is 1. The maximum absolute atomic E-state index is 13.7. The number of halogens is 1. The van der Waals surface area contributed by atoms with Gasteiger partial charge in [0.25, 0.3) is 0 Å². The molecule has 5 nitrogen and oxygen atoms in total. The topological polar surface area (TPSA) is 76.5 Å². The van der Waals surface area contributed by atoms with Gasteiger partial charge in [0, 0.05) is 23.6 Å². The summed E-state index contributed by atoms with van der Waals surface area (Å²) in [5.41, 5.74) is 3.60. The summed E-state index contributed by atoms with van der Waals surface area (Å²) >= 11 is 0. The van der Waals surface area contributed by atoms with Gasteiger partial charge in [-0.15, -0.1) is 6.58 Å². The van der Waals surface area contributed by atoms with Crippen molar-refractivity contribution in [3.63, 3.8) is 0 Å². The molecule has 3 aromatic rings. The molecule has 1 fully saturated rings. The highest BCUT2D eigenvalue weighted by Crippen LogP contribution is 2.42. The zero-order valence-corrected chi connectivity index (χ0v) is 18.5. The van der Waals surface area contributed by atoms with Crippen LogP contribution in [0.25, 0.3) is 22.0 Å². The average molecular weight is 448 g/mol. The summed E-state index contributed by atoms with van der Waals surface area (Å²) in [5.74, 6) is -2.33. The number of aromatic nitrogens is 1. The van der Waals surface area contributed by atoms with Gasteiger partial charge >= 0.3 is 5.97 Å². The lowest BCUT2D eigenvalue weighted by Crippen LogP contribution is -2.27.